The zero-order chi connectivity index (χ0) is 12.8. The van der Waals surface area contributed by atoms with Gasteiger partial charge < -0.3 is 0 Å². The summed E-state index contributed by atoms with van der Waals surface area (Å²) in [4.78, 5) is 0. The van der Waals surface area contributed by atoms with Crippen LogP contribution < -0.4 is 0 Å². The maximum atomic E-state index is 3.60. The van der Waals surface area contributed by atoms with Gasteiger partial charge in [-0.1, -0.05) is 60.6 Å². The van der Waals surface area contributed by atoms with Crippen molar-refractivity contribution in [3.05, 3.63) is 60.2 Å². The van der Waals surface area contributed by atoms with Crippen LogP contribution in [0.4, 0.5) is 0 Å². The predicted octanol–water partition coefficient (Wildman–Crippen LogP) is 4.71. The average Bonchev–Trinajstić information content (AvgIpc) is 2.46. The van der Waals surface area contributed by atoms with Crippen LogP contribution in [0.1, 0.15) is 5.56 Å². The van der Waals surface area contributed by atoms with E-state index in [2.05, 4.69) is 64.8 Å². The Hall–Kier alpha value is -1.86. The summed E-state index contributed by atoms with van der Waals surface area (Å²) in [5, 5.41) is 8.26. The summed E-state index contributed by atoms with van der Waals surface area (Å²) in [5.41, 5.74) is 1.43. The maximum Gasteiger partial charge on any atom is 0.0225 e. The molecule has 0 atom stereocenters. The van der Waals surface area contributed by atoms with Gasteiger partial charge in [0, 0.05) is 10.2 Å². The summed E-state index contributed by atoms with van der Waals surface area (Å²) in [6, 6.07) is 21.1. The quantitative estimate of drug-likeness (QED) is 0.360. The lowest BCUT2D eigenvalue weighted by molar-refractivity contribution is 1.15. The van der Waals surface area contributed by atoms with Gasteiger partial charge in [0.25, 0.3) is 0 Å². The first-order valence-electron chi connectivity index (χ1n) is 6.68. The van der Waals surface area contributed by atoms with E-state index in [-0.39, 0.29) is 0 Å². The van der Waals surface area contributed by atoms with Crippen LogP contribution in [0.15, 0.2) is 54.6 Å². The molecule has 4 rings (SSSR count). The van der Waals surface area contributed by atoms with Crippen molar-refractivity contribution in [2.75, 3.05) is 0 Å². The second-order valence-corrected chi connectivity index (χ2v) is 5.58. The Morgan fingerprint density at radius 1 is 0.684 bits per heavy atom. The van der Waals surface area contributed by atoms with Crippen LogP contribution in [-0.4, -0.2) is 10.2 Å². The summed E-state index contributed by atoms with van der Waals surface area (Å²) in [6.07, 6.45) is 1.07. The second kappa shape index (κ2) is 4.07. The molecule has 0 saturated carbocycles. The Balaban J connectivity index is 2.28. The van der Waals surface area contributed by atoms with E-state index >= 15 is 0 Å². The smallest absolute Gasteiger partial charge is 0.0225 e. The monoisotopic (exact) mass is 257 g/mol. The number of aryl methyl sites for hydroxylation is 1. The van der Waals surface area contributed by atoms with E-state index in [4.69, 9.17) is 0 Å². The minimum Gasteiger partial charge on any atom is -0.0610 e. The predicted molar refractivity (Wildman–Crippen MR) is 84.4 cm³/mol. The molecule has 0 aliphatic heterocycles. The Bertz CT molecular complexity index is 861. The molecule has 0 fully saturated rings. The molecule has 4 aromatic carbocycles. The van der Waals surface area contributed by atoms with Crippen molar-refractivity contribution in [3.8, 4) is 0 Å². The Labute approximate surface area is 115 Å². The number of rotatable bonds is 2. The fourth-order valence-corrected chi connectivity index (χ4v) is 3.42. The molecule has 0 unspecified atom stereocenters. The highest BCUT2D eigenvalue weighted by molar-refractivity contribution is 6.23. The molecule has 0 amide bonds. The van der Waals surface area contributed by atoms with Crippen molar-refractivity contribution in [1.29, 1.82) is 0 Å². The highest BCUT2D eigenvalue weighted by atomic mass is 28.1. The molecule has 0 nitrogen and oxygen atoms in total. The van der Waals surface area contributed by atoms with Gasteiger partial charge in [0.15, 0.2) is 0 Å². The molecule has 0 saturated heterocycles. The van der Waals surface area contributed by atoms with E-state index in [9.17, 15) is 0 Å². The first kappa shape index (κ1) is 11.0. The van der Waals surface area contributed by atoms with Gasteiger partial charge in [0.1, 0.15) is 0 Å². The van der Waals surface area contributed by atoms with Crippen molar-refractivity contribution < 1.29 is 0 Å². The lowest BCUT2D eigenvalue weighted by Crippen LogP contribution is -1.90. The van der Waals surface area contributed by atoms with Crippen molar-refractivity contribution in [1.82, 2.24) is 0 Å². The number of benzene rings is 4. The van der Waals surface area contributed by atoms with Crippen LogP contribution in [0.3, 0.4) is 0 Å². The highest BCUT2D eigenvalue weighted by Crippen LogP contribution is 2.36. The van der Waals surface area contributed by atoms with Crippen molar-refractivity contribution in [2.45, 2.75) is 12.5 Å². The van der Waals surface area contributed by atoms with Gasteiger partial charge in [-0.2, -0.15) is 0 Å². The minimum absolute atomic E-state index is 1.00. The first-order valence-corrected chi connectivity index (χ1v) is 7.39. The van der Waals surface area contributed by atoms with E-state index in [1.807, 2.05) is 0 Å². The van der Waals surface area contributed by atoms with Crippen LogP contribution in [0.2, 0.25) is 6.04 Å². The Morgan fingerprint density at radius 2 is 1.32 bits per heavy atom. The molecule has 0 heterocycles. The van der Waals surface area contributed by atoms with Crippen molar-refractivity contribution >= 4 is 42.6 Å². The SMILES string of the molecule is [Si]CCc1ccc2ccc3cccc4ccc1c2c34. The lowest BCUT2D eigenvalue weighted by Gasteiger charge is -2.13. The zero-order valence-corrected chi connectivity index (χ0v) is 11.6. The molecular formula is C18H13Si. The molecule has 0 spiro atoms. The van der Waals surface area contributed by atoms with Gasteiger partial charge in [-0.05, 0) is 44.3 Å². The van der Waals surface area contributed by atoms with Crippen LogP contribution in [-0.2, 0) is 6.42 Å². The van der Waals surface area contributed by atoms with Crippen molar-refractivity contribution in [3.63, 3.8) is 0 Å². The molecule has 89 valence electrons. The summed E-state index contributed by atoms with van der Waals surface area (Å²) in [6.45, 7) is 0. The van der Waals surface area contributed by atoms with E-state index in [1.54, 1.807) is 0 Å². The van der Waals surface area contributed by atoms with Crippen LogP contribution in [0.5, 0.6) is 0 Å². The minimum atomic E-state index is 1.00. The van der Waals surface area contributed by atoms with Gasteiger partial charge in [0.2, 0.25) is 0 Å². The molecular weight excluding hydrogens is 244 g/mol. The van der Waals surface area contributed by atoms with Gasteiger partial charge in [-0.3, -0.25) is 0 Å². The maximum absolute atomic E-state index is 3.60. The molecule has 19 heavy (non-hydrogen) atoms. The molecule has 0 aliphatic rings. The second-order valence-electron chi connectivity index (χ2n) is 5.08. The number of hydrogen-bond donors (Lipinski definition) is 0. The van der Waals surface area contributed by atoms with Crippen molar-refractivity contribution in [2.24, 2.45) is 0 Å². The third kappa shape index (κ3) is 1.52. The van der Waals surface area contributed by atoms with Crippen LogP contribution >= 0.6 is 0 Å². The standard InChI is InChI=1S/C18H13Si/c19-11-10-12-4-5-15-7-6-13-2-1-3-14-8-9-16(12)18(15)17(13)14/h1-9H,10-11H2. The molecule has 0 aliphatic carbocycles. The first-order chi connectivity index (χ1) is 9.38. The largest absolute Gasteiger partial charge is 0.0610 e. The third-order valence-electron chi connectivity index (χ3n) is 4.01. The Kier molecular flexibility index (Phi) is 2.36. The van der Waals surface area contributed by atoms with Gasteiger partial charge >= 0.3 is 0 Å². The van der Waals surface area contributed by atoms with E-state index < -0.39 is 0 Å². The molecule has 4 aromatic rings. The van der Waals surface area contributed by atoms with Crippen LogP contribution in [0.25, 0.3) is 32.3 Å². The fraction of sp³-hybridized carbons (Fsp3) is 0.111. The topological polar surface area (TPSA) is 0 Å². The normalized spacial score (nSPS) is 11.8. The molecule has 3 radical (unpaired) electrons. The summed E-state index contributed by atoms with van der Waals surface area (Å²) in [7, 11) is 3.60. The summed E-state index contributed by atoms with van der Waals surface area (Å²) >= 11 is 0. The third-order valence-corrected chi connectivity index (χ3v) is 4.26. The summed E-state index contributed by atoms with van der Waals surface area (Å²) < 4.78 is 0. The molecule has 0 aromatic heterocycles. The van der Waals surface area contributed by atoms with Crippen LogP contribution in [0, 0.1) is 0 Å². The fourth-order valence-electron chi connectivity index (χ4n) is 3.15. The lowest BCUT2D eigenvalue weighted by atomic mass is 9.91. The molecule has 1 heteroatoms. The summed E-state index contributed by atoms with van der Waals surface area (Å²) in [5.74, 6) is 0. The molecule has 0 bridgehead atoms. The molecule has 0 N–H and O–H groups in total. The van der Waals surface area contributed by atoms with E-state index in [1.165, 1.54) is 37.9 Å². The van der Waals surface area contributed by atoms with Gasteiger partial charge in [-0.25, -0.2) is 0 Å². The Morgan fingerprint density at radius 3 is 2.05 bits per heavy atom. The zero-order valence-electron chi connectivity index (χ0n) is 10.6. The average molecular weight is 257 g/mol. The highest BCUT2D eigenvalue weighted by Gasteiger charge is 2.09. The number of hydrogen-bond acceptors (Lipinski definition) is 0. The van der Waals surface area contributed by atoms with E-state index in [0.717, 1.165) is 12.5 Å². The van der Waals surface area contributed by atoms with Gasteiger partial charge in [-0.15, -0.1) is 0 Å². The van der Waals surface area contributed by atoms with Gasteiger partial charge in [0.05, 0.1) is 0 Å². The van der Waals surface area contributed by atoms with E-state index in [0.29, 0.717) is 0 Å².